The van der Waals surface area contributed by atoms with Crippen molar-refractivity contribution in [1.29, 1.82) is 0 Å². The van der Waals surface area contributed by atoms with E-state index in [0.717, 1.165) is 12.8 Å². The summed E-state index contributed by atoms with van der Waals surface area (Å²) in [5.74, 6) is -0.749. The van der Waals surface area contributed by atoms with Gasteiger partial charge < -0.3 is 10.0 Å². The summed E-state index contributed by atoms with van der Waals surface area (Å²) >= 11 is 0. The molecule has 1 aliphatic rings. The van der Waals surface area contributed by atoms with E-state index in [1.165, 1.54) is 12.1 Å². The number of rotatable bonds is 3. The van der Waals surface area contributed by atoms with E-state index in [2.05, 4.69) is 0 Å². The van der Waals surface area contributed by atoms with Crippen LogP contribution < -0.4 is 0 Å². The summed E-state index contributed by atoms with van der Waals surface area (Å²) in [6.07, 6.45) is 1.91. The van der Waals surface area contributed by atoms with Crippen molar-refractivity contribution in [3.8, 4) is 0 Å². The SMILES string of the molecule is CC(O)CC1CCCN1C(=O)c1ccccc1F. The highest BCUT2D eigenvalue weighted by molar-refractivity contribution is 5.94. The summed E-state index contributed by atoms with van der Waals surface area (Å²) in [7, 11) is 0. The molecule has 0 radical (unpaired) electrons. The lowest BCUT2D eigenvalue weighted by molar-refractivity contribution is 0.0677. The summed E-state index contributed by atoms with van der Waals surface area (Å²) < 4.78 is 13.6. The van der Waals surface area contributed by atoms with Crippen LogP contribution in [0.5, 0.6) is 0 Å². The molecule has 3 nitrogen and oxygen atoms in total. The Morgan fingerprint density at radius 1 is 1.56 bits per heavy atom. The molecule has 4 heteroatoms. The summed E-state index contributed by atoms with van der Waals surface area (Å²) in [5, 5.41) is 9.43. The highest BCUT2D eigenvalue weighted by atomic mass is 19.1. The molecule has 1 heterocycles. The Morgan fingerprint density at radius 3 is 2.94 bits per heavy atom. The maximum absolute atomic E-state index is 13.6. The third-order valence-electron chi connectivity index (χ3n) is 3.36. The molecule has 0 bridgehead atoms. The first kappa shape index (κ1) is 13.0. The Balaban J connectivity index is 2.15. The Morgan fingerprint density at radius 2 is 2.28 bits per heavy atom. The standard InChI is InChI=1S/C14H18FNO2/c1-10(17)9-11-5-4-8-16(11)14(18)12-6-2-3-7-13(12)15/h2-3,6-7,10-11,17H,4-5,8-9H2,1H3. The second kappa shape index (κ2) is 5.48. The normalized spacial score (nSPS) is 21.1. The molecule has 1 aromatic rings. The van der Waals surface area contributed by atoms with E-state index in [9.17, 15) is 14.3 Å². The Kier molecular flexibility index (Phi) is 3.97. The van der Waals surface area contributed by atoms with E-state index in [-0.39, 0.29) is 17.5 Å². The number of benzene rings is 1. The molecule has 0 aromatic heterocycles. The molecule has 18 heavy (non-hydrogen) atoms. The van der Waals surface area contributed by atoms with Gasteiger partial charge in [-0.05, 0) is 38.3 Å². The van der Waals surface area contributed by atoms with E-state index in [4.69, 9.17) is 0 Å². The minimum absolute atomic E-state index is 0.0251. The summed E-state index contributed by atoms with van der Waals surface area (Å²) in [6, 6.07) is 6.07. The van der Waals surface area contributed by atoms with Gasteiger partial charge in [-0.15, -0.1) is 0 Å². The molecule has 1 amide bonds. The number of nitrogens with zero attached hydrogens (tertiary/aromatic N) is 1. The number of carbonyl (C=O) groups excluding carboxylic acids is 1. The molecule has 1 N–H and O–H groups in total. The molecule has 1 aliphatic heterocycles. The molecule has 98 valence electrons. The van der Waals surface area contributed by atoms with Gasteiger partial charge in [0.15, 0.2) is 0 Å². The van der Waals surface area contributed by atoms with Gasteiger partial charge in [-0.1, -0.05) is 12.1 Å². The quantitative estimate of drug-likeness (QED) is 0.894. The van der Waals surface area contributed by atoms with Gasteiger partial charge in [0.2, 0.25) is 0 Å². The highest BCUT2D eigenvalue weighted by Gasteiger charge is 2.31. The van der Waals surface area contributed by atoms with E-state index in [1.54, 1.807) is 24.0 Å². The van der Waals surface area contributed by atoms with Crippen LogP contribution in [0.3, 0.4) is 0 Å². The zero-order chi connectivity index (χ0) is 13.1. The van der Waals surface area contributed by atoms with Crippen molar-refractivity contribution in [3.05, 3.63) is 35.6 Å². The highest BCUT2D eigenvalue weighted by Crippen LogP contribution is 2.24. The second-order valence-corrected chi connectivity index (χ2v) is 4.86. The van der Waals surface area contributed by atoms with Gasteiger partial charge >= 0.3 is 0 Å². The van der Waals surface area contributed by atoms with Crippen molar-refractivity contribution >= 4 is 5.91 Å². The van der Waals surface area contributed by atoms with Crippen molar-refractivity contribution in [3.63, 3.8) is 0 Å². The van der Waals surface area contributed by atoms with Gasteiger partial charge in [-0.3, -0.25) is 4.79 Å². The number of likely N-dealkylation sites (tertiary alicyclic amines) is 1. The van der Waals surface area contributed by atoms with Crippen LogP contribution in [0.1, 0.15) is 36.5 Å². The first-order valence-electron chi connectivity index (χ1n) is 6.33. The van der Waals surface area contributed by atoms with Crippen molar-refractivity contribution in [1.82, 2.24) is 4.90 Å². The zero-order valence-corrected chi connectivity index (χ0v) is 10.5. The maximum Gasteiger partial charge on any atom is 0.257 e. The third-order valence-corrected chi connectivity index (χ3v) is 3.36. The van der Waals surface area contributed by atoms with Gasteiger partial charge in [-0.25, -0.2) is 4.39 Å². The number of aliphatic hydroxyl groups excluding tert-OH is 1. The predicted molar refractivity (Wildman–Crippen MR) is 66.8 cm³/mol. The van der Waals surface area contributed by atoms with Crippen LogP contribution in [-0.4, -0.2) is 34.6 Å². The topological polar surface area (TPSA) is 40.5 Å². The van der Waals surface area contributed by atoms with E-state index >= 15 is 0 Å². The monoisotopic (exact) mass is 251 g/mol. The van der Waals surface area contributed by atoms with Crippen LogP contribution in [0.4, 0.5) is 4.39 Å². The molecule has 0 spiro atoms. The number of carbonyl (C=O) groups is 1. The van der Waals surface area contributed by atoms with E-state index in [0.29, 0.717) is 13.0 Å². The van der Waals surface area contributed by atoms with Gasteiger partial charge in [0.1, 0.15) is 5.82 Å². The van der Waals surface area contributed by atoms with Gasteiger partial charge in [0.05, 0.1) is 11.7 Å². The molecular weight excluding hydrogens is 233 g/mol. The molecule has 2 atom stereocenters. The zero-order valence-electron chi connectivity index (χ0n) is 10.5. The molecule has 1 aromatic carbocycles. The van der Waals surface area contributed by atoms with Crippen LogP contribution in [0.15, 0.2) is 24.3 Å². The van der Waals surface area contributed by atoms with E-state index < -0.39 is 11.9 Å². The molecule has 2 unspecified atom stereocenters. The minimum Gasteiger partial charge on any atom is -0.393 e. The first-order valence-corrected chi connectivity index (χ1v) is 6.33. The van der Waals surface area contributed by atoms with Gasteiger partial charge in [-0.2, -0.15) is 0 Å². The lowest BCUT2D eigenvalue weighted by atomic mass is 10.1. The first-order chi connectivity index (χ1) is 8.59. The second-order valence-electron chi connectivity index (χ2n) is 4.86. The van der Waals surface area contributed by atoms with Crippen molar-refractivity contribution < 1.29 is 14.3 Å². The van der Waals surface area contributed by atoms with Gasteiger partial charge in [0, 0.05) is 12.6 Å². The lowest BCUT2D eigenvalue weighted by Crippen LogP contribution is -2.37. The third kappa shape index (κ3) is 2.70. The van der Waals surface area contributed by atoms with Crippen LogP contribution in [-0.2, 0) is 0 Å². The smallest absolute Gasteiger partial charge is 0.257 e. The summed E-state index contributed by atoms with van der Waals surface area (Å²) in [4.78, 5) is 13.9. The van der Waals surface area contributed by atoms with Gasteiger partial charge in [0.25, 0.3) is 5.91 Å². The molecular formula is C14H18FNO2. The fraction of sp³-hybridized carbons (Fsp3) is 0.500. The minimum atomic E-state index is -0.481. The maximum atomic E-state index is 13.6. The average Bonchev–Trinajstić information content (AvgIpc) is 2.76. The number of amides is 1. The van der Waals surface area contributed by atoms with Crippen LogP contribution in [0.2, 0.25) is 0 Å². The fourth-order valence-corrected chi connectivity index (χ4v) is 2.53. The molecule has 0 saturated carbocycles. The Labute approximate surface area is 106 Å². The summed E-state index contributed by atoms with van der Waals surface area (Å²) in [6.45, 7) is 2.36. The summed E-state index contributed by atoms with van der Waals surface area (Å²) in [5.41, 5.74) is 0.120. The number of aliphatic hydroxyl groups is 1. The van der Waals surface area contributed by atoms with E-state index in [1.807, 2.05) is 0 Å². The number of halogens is 1. The molecule has 1 saturated heterocycles. The average molecular weight is 251 g/mol. The molecule has 1 fully saturated rings. The van der Waals surface area contributed by atoms with Crippen molar-refractivity contribution in [2.24, 2.45) is 0 Å². The Bertz CT molecular complexity index is 434. The molecule has 2 rings (SSSR count). The Hall–Kier alpha value is -1.42. The van der Waals surface area contributed by atoms with Crippen molar-refractivity contribution in [2.45, 2.75) is 38.3 Å². The van der Waals surface area contributed by atoms with Crippen molar-refractivity contribution in [2.75, 3.05) is 6.54 Å². The fourth-order valence-electron chi connectivity index (χ4n) is 2.53. The largest absolute Gasteiger partial charge is 0.393 e. The molecule has 0 aliphatic carbocycles. The van der Waals surface area contributed by atoms with Crippen LogP contribution >= 0.6 is 0 Å². The number of hydrogen-bond donors (Lipinski definition) is 1. The van der Waals surface area contributed by atoms with Crippen LogP contribution in [0, 0.1) is 5.82 Å². The lowest BCUT2D eigenvalue weighted by Gasteiger charge is -2.25. The number of hydrogen-bond acceptors (Lipinski definition) is 2. The van der Waals surface area contributed by atoms with Crippen LogP contribution in [0.25, 0.3) is 0 Å². The predicted octanol–water partition coefficient (Wildman–Crippen LogP) is 2.20.